The van der Waals surface area contributed by atoms with Gasteiger partial charge in [-0.2, -0.15) is 5.10 Å². The fraction of sp³-hybridized carbons (Fsp3) is 0.222. The van der Waals surface area contributed by atoms with Gasteiger partial charge in [-0.25, -0.2) is 5.10 Å². The van der Waals surface area contributed by atoms with Crippen LogP contribution in [-0.4, -0.2) is 10.2 Å². The van der Waals surface area contributed by atoms with Gasteiger partial charge in [0.1, 0.15) is 0 Å². The monoisotopic (exact) mass is 276 g/mol. The van der Waals surface area contributed by atoms with Crippen molar-refractivity contribution in [3.05, 3.63) is 64.4 Å². The van der Waals surface area contributed by atoms with Gasteiger partial charge in [-0.1, -0.05) is 48.9 Å². The first-order valence-corrected chi connectivity index (χ1v) is 7.41. The lowest BCUT2D eigenvalue weighted by atomic mass is 9.80. The Bertz CT molecular complexity index is 845. The van der Waals surface area contributed by atoms with Crippen molar-refractivity contribution in [2.45, 2.75) is 25.2 Å². The Hall–Kier alpha value is -2.42. The van der Waals surface area contributed by atoms with Crippen LogP contribution in [0.3, 0.4) is 0 Å². The largest absolute Gasteiger partial charge is 0.272 e. The maximum absolute atomic E-state index is 11.8. The third kappa shape index (κ3) is 2.05. The van der Waals surface area contributed by atoms with Crippen LogP contribution < -0.4 is 5.56 Å². The first-order chi connectivity index (χ1) is 10.3. The zero-order valence-electron chi connectivity index (χ0n) is 11.7. The van der Waals surface area contributed by atoms with Crippen LogP contribution in [0, 0.1) is 0 Å². The number of benzene rings is 2. The van der Waals surface area contributed by atoms with Gasteiger partial charge < -0.3 is 0 Å². The van der Waals surface area contributed by atoms with E-state index >= 15 is 0 Å². The van der Waals surface area contributed by atoms with Gasteiger partial charge in [-0.05, 0) is 30.4 Å². The van der Waals surface area contributed by atoms with Gasteiger partial charge in [0.2, 0.25) is 0 Å². The molecule has 0 radical (unpaired) electrons. The standard InChI is InChI=1S/C18H16N2O/c21-18-16-7-2-1-6-15(16)17(19-20-18)14-10-8-13(9-11-14)12-4-3-5-12/h1-2,6-12H,3-5H2,(H,20,21). The van der Waals surface area contributed by atoms with E-state index in [4.69, 9.17) is 0 Å². The van der Waals surface area contributed by atoms with Crippen molar-refractivity contribution in [1.29, 1.82) is 0 Å². The predicted molar refractivity (Wildman–Crippen MR) is 84.4 cm³/mol. The summed E-state index contributed by atoms with van der Waals surface area (Å²) >= 11 is 0. The summed E-state index contributed by atoms with van der Waals surface area (Å²) in [4.78, 5) is 11.8. The predicted octanol–water partition coefficient (Wildman–Crippen LogP) is 3.86. The number of fused-ring (bicyclic) bond motifs is 1. The Morgan fingerprint density at radius 3 is 2.33 bits per heavy atom. The van der Waals surface area contributed by atoms with E-state index in [0.717, 1.165) is 22.6 Å². The highest BCUT2D eigenvalue weighted by molar-refractivity contribution is 5.93. The molecular formula is C18H16N2O. The number of rotatable bonds is 2. The zero-order valence-corrected chi connectivity index (χ0v) is 11.7. The van der Waals surface area contributed by atoms with Crippen LogP contribution >= 0.6 is 0 Å². The highest BCUT2D eigenvalue weighted by Gasteiger charge is 2.19. The van der Waals surface area contributed by atoms with Crippen molar-refractivity contribution in [3.8, 4) is 11.3 Å². The summed E-state index contributed by atoms with van der Waals surface area (Å²) in [5.74, 6) is 0.735. The van der Waals surface area contributed by atoms with Crippen LogP contribution in [0.1, 0.15) is 30.7 Å². The van der Waals surface area contributed by atoms with Crippen molar-refractivity contribution >= 4 is 10.8 Å². The molecule has 0 spiro atoms. The highest BCUT2D eigenvalue weighted by atomic mass is 16.1. The normalized spacial score (nSPS) is 15.0. The molecule has 0 bridgehead atoms. The molecule has 4 rings (SSSR count). The average molecular weight is 276 g/mol. The maximum atomic E-state index is 11.8. The topological polar surface area (TPSA) is 45.8 Å². The smallest absolute Gasteiger partial charge is 0.267 e. The first-order valence-electron chi connectivity index (χ1n) is 7.41. The van der Waals surface area contributed by atoms with Crippen molar-refractivity contribution in [1.82, 2.24) is 10.2 Å². The van der Waals surface area contributed by atoms with E-state index in [1.54, 1.807) is 0 Å². The van der Waals surface area contributed by atoms with E-state index in [0.29, 0.717) is 5.39 Å². The minimum absolute atomic E-state index is 0.138. The molecule has 0 aliphatic heterocycles. The Labute approximate surface area is 122 Å². The molecule has 1 fully saturated rings. The summed E-state index contributed by atoms with van der Waals surface area (Å²) in [5.41, 5.74) is 3.16. The molecule has 3 aromatic rings. The van der Waals surface area contributed by atoms with E-state index in [1.807, 2.05) is 24.3 Å². The molecule has 1 N–H and O–H groups in total. The molecule has 2 aromatic carbocycles. The number of hydrogen-bond donors (Lipinski definition) is 1. The van der Waals surface area contributed by atoms with Crippen LogP contribution in [0.5, 0.6) is 0 Å². The Morgan fingerprint density at radius 1 is 0.952 bits per heavy atom. The number of H-pyrrole nitrogens is 1. The van der Waals surface area contributed by atoms with Gasteiger partial charge in [0.15, 0.2) is 0 Å². The number of hydrogen-bond acceptors (Lipinski definition) is 2. The fourth-order valence-corrected chi connectivity index (χ4v) is 2.99. The third-order valence-corrected chi connectivity index (χ3v) is 4.46. The second kappa shape index (κ2) is 4.85. The Morgan fingerprint density at radius 2 is 1.67 bits per heavy atom. The van der Waals surface area contributed by atoms with Crippen LogP contribution in [0.4, 0.5) is 0 Å². The van der Waals surface area contributed by atoms with Crippen molar-refractivity contribution in [2.24, 2.45) is 0 Å². The molecule has 1 saturated carbocycles. The van der Waals surface area contributed by atoms with E-state index in [2.05, 4.69) is 34.5 Å². The molecule has 0 atom stereocenters. The summed E-state index contributed by atoms with van der Waals surface area (Å²) in [6.07, 6.45) is 3.96. The lowest BCUT2D eigenvalue weighted by Crippen LogP contribution is -2.10. The van der Waals surface area contributed by atoms with Gasteiger partial charge in [-0.15, -0.1) is 0 Å². The average Bonchev–Trinajstić information content (AvgIpc) is 2.47. The molecule has 104 valence electrons. The second-order valence-corrected chi connectivity index (χ2v) is 5.70. The molecule has 0 unspecified atom stereocenters. The quantitative estimate of drug-likeness (QED) is 0.772. The van der Waals surface area contributed by atoms with Gasteiger partial charge in [0.25, 0.3) is 5.56 Å². The van der Waals surface area contributed by atoms with Crippen molar-refractivity contribution in [3.63, 3.8) is 0 Å². The summed E-state index contributed by atoms with van der Waals surface area (Å²) in [6.45, 7) is 0. The zero-order chi connectivity index (χ0) is 14.2. The summed E-state index contributed by atoms with van der Waals surface area (Å²) in [5, 5.41) is 8.43. The Balaban J connectivity index is 1.82. The number of aromatic nitrogens is 2. The molecule has 3 heteroatoms. The highest BCUT2D eigenvalue weighted by Crippen LogP contribution is 2.37. The van der Waals surface area contributed by atoms with Gasteiger partial charge in [0.05, 0.1) is 11.1 Å². The molecule has 1 aromatic heterocycles. The number of nitrogens with one attached hydrogen (secondary N) is 1. The SMILES string of the molecule is O=c1[nH]nc(-c2ccc(C3CCC3)cc2)c2ccccc12. The van der Waals surface area contributed by atoms with Crippen LogP contribution in [-0.2, 0) is 0 Å². The van der Waals surface area contributed by atoms with E-state index < -0.39 is 0 Å². The van der Waals surface area contributed by atoms with Gasteiger partial charge >= 0.3 is 0 Å². The second-order valence-electron chi connectivity index (χ2n) is 5.70. The molecular weight excluding hydrogens is 260 g/mol. The molecule has 1 aliphatic rings. The van der Waals surface area contributed by atoms with Gasteiger partial charge in [0, 0.05) is 10.9 Å². The molecule has 1 aliphatic carbocycles. The van der Waals surface area contributed by atoms with Crippen LogP contribution in [0.25, 0.3) is 22.0 Å². The molecule has 0 amide bonds. The van der Waals surface area contributed by atoms with Crippen LogP contribution in [0.2, 0.25) is 0 Å². The summed E-state index contributed by atoms with van der Waals surface area (Å²) in [6, 6.07) is 16.2. The van der Waals surface area contributed by atoms with Crippen LogP contribution in [0.15, 0.2) is 53.3 Å². The fourth-order valence-electron chi connectivity index (χ4n) is 2.99. The van der Waals surface area contributed by atoms with E-state index in [1.165, 1.54) is 24.8 Å². The van der Waals surface area contributed by atoms with E-state index in [9.17, 15) is 4.79 Å². The molecule has 21 heavy (non-hydrogen) atoms. The summed E-state index contributed by atoms with van der Waals surface area (Å²) < 4.78 is 0. The van der Waals surface area contributed by atoms with Gasteiger partial charge in [-0.3, -0.25) is 4.79 Å². The lowest BCUT2D eigenvalue weighted by molar-refractivity contribution is 0.420. The Kier molecular flexibility index (Phi) is 2.85. The third-order valence-electron chi connectivity index (χ3n) is 4.46. The number of aromatic amines is 1. The molecule has 0 saturated heterocycles. The summed E-state index contributed by atoms with van der Waals surface area (Å²) in [7, 11) is 0. The first kappa shape index (κ1) is 12.3. The minimum atomic E-state index is -0.138. The molecule has 3 nitrogen and oxygen atoms in total. The van der Waals surface area contributed by atoms with Crippen molar-refractivity contribution in [2.75, 3.05) is 0 Å². The minimum Gasteiger partial charge on any atom is -0.267 e. The van der Waals surface area contributed by atoms with E-state index in [-0.39, 0.29) is 5.56 Å². The lowest BCUT2D eigenvalue weighted by Gasteiger charge is -2.25. The molecule has 1 heterocycles. The number of nitrogens with zero attached hydrogens (tertiary/aromatic N) is 1. The van der Waals surface area contributed by atoms with Crippen molar-refractivity contribution < 1.29 is 0 Å². The maximum Gasteiger partial charge on any atom is 0.272 e.